The Morgan fingerprint density at radius 1 is 1.36 bits per heavy atom. The zero-order valence-electron chi connectivity index (χ0n) is 7.38. The van der Waals surface area contributed by atoms with Crippen molar-refractivity contribution in [3.05, 3.63) is 33.9 Å². The van der Waals surface area contributed by atoms with E-state index in [-0.39, 0.29) is 0 Å². The highest BCUT2D eigenvalue weighted by atomic mass is 35.5. The van der Waals surface area contributed by atoms with Crippen molar-refractivity contribution in [1.82, 2.24) is 4.57 Å². The third-order valence-corrected chi connectivity index (χ3v) is 2.88. The van der Waals surface area contributed by atoms with Gasteiger partial charge in [0.1, 0.15) is 11.2 Å². The first-order valence-corrected chi connectivity index (χ1v) is 4.74. The van der Waals surface area contributed by atoms with Crippen LogP contribution in [0.15, 0.2) is 18.2 Å². The molecule has 2 rings (SSSR count). The number of nitriles is 1. The van der Waals surface area contributed by atoms with Crippen molar-refractivity contribution in [2.24, 2.45) is 7.05 Å². The van der Waals surface area contributed by atoms with E-state index in [0.29, 0.717) is 15.7 Å². The zero-order valence-corrected chi connectivity index (χ0v) is 8.89. The van der Waals surface area contributed by atoms with Gasteiger partial charge >= 0.3 is 0 Å². The maximum atomic E-state index is 8.93. The fourth-order valence-corrected chi connectivity index (χ4v) is 1.90. The Balaban J connectivity index is 2.98. The van der Waals surface area contributed by atoms with Crippen LogP contribution in [0.5, 0.6) is 0 Å². The highest BCUT2D eigenvalue weighted by Gasteiger charge is 2.12. The van der Waals surface area contributed by atoms with Crippen molar-refractivity contribution in [3.63, 3.8) is 0 Å². The van der Waals surface area contributed by atoms with Crippen LogP contribution in [0.1, 0.15) is 5.56 Å². The molecule has 4 heteroatoms. The SMILES string of the molecule is Cn1c(Cl)c(C#N)c2cc(Cl)ccc21. The lowest BCUT2D eigenvalue weighted by Gasteiger charge is -1.96. The molecule has 0 bridgehead atoms. The van der Waals surface area contributed by atoms with E-state index in [1.807, 2.05) is 13.1 Å². The Hall–Kier alpha value is -1.17. The molecule has 0 atom stereocenters. The van der Waals surface area contributed by atoms with E-state index in [0.717, 1.165) is 10.9 Å². The molecule has 0 aliphatic heterocycles. The lowest BCUT2D eigenvalue weighted by Crippen LogP contribution is -1.85. The fraction of sp³-hybridized carbons (Fsp3) is 0.100. The standard InChI is InChI=1S/C10H6Cl2N2/c1-14-9-3-2-6(11)4-7(9)8(5-13)10(14)12/h2-4H,1H3. The summed E-state index contributed by atoms with van der Waals surface area (Å²) in [5.74, 6) is 0. The molecule has 0 saturated carbocycles. The first kappa shape index (κ1) is 9.39. The molecule has 0 radical (unpaired) electrons. The minimum atomic E-state index is 0.449. The molecular formula is C10H6Cl2N2. The smallest absolute Gasteiger partial charge is 0.127 e. The van der Waals surface area contributed by atoms with Gasteiger partial charge in [-0.15, -0.1) is 0 Å². The first-order valence-electron chi connectivity index (χ1n) is 3.98. The summed E-state index contributed by atoms with van der Waals surface area (Å²) in [4.78, 5) is 0. The number of fused-ring (bicyclic) bond motifs is 1. The molecule has 2 aromatic rings. The largest absolute Gasteiger partial charge is 0.334 e. The summed E-state index contributed by atoms with van der Waals surface area (Å²) >= 11 is 11.8. The number of aryl methyl sites for hydroxylation is 1. The van der Waals surface area contributed by atoms with Gasteiger partial charge in [0, 0.05) is 17.5 Å². The summed E-state index contributed by atoms with van der Waals surface area (Å²) in [6.45, 7) is 0. The van der Waals surface area contributed by atoms with Crippen molar-refractivity contribution < 1.29 is 0 Å². The minimum Gasteiger partial charge on any atom is -0.334 e. The second kappa shape index (κ2) is 3.20. The van der Waals surface area contributed by atoms with E-state index in [2.05, 4.69) is 6.07 Å². The molecule has 0 fully saturated rings. The number of aromatic nitrogens is 1. The first-order chi connectivity index (χ1) is 6.65. The van der Waals surface area contributed by atoms with Crippen LogP contribution in [-0.4, -0.2) is 4.57 Å². The van der Waals surface area contributed by atoms with Crippen molar-refractivity contribution in [1.29, 1.82) is 5.26 Å². The Bertz CT molecular complexity index is 549. The van der Waals surface area contributed by atoms with Gasteiger partial charge in [0.2, 0.25) is 0 Å². The molecule has 14 heavy (non-hydrogen) atoms. The molecule has 0 saturated heterocycles. The van der Waals surface area contributed by atoms with Crippen LogP contribution >= 0.6 is 23.2 Å². The highest BCUT2D eigenvalue weighted by molar-refractivity contribution is 6.33. The predicted octanol–water partition coefficient (Wildman–Crippen LogP) is 3.36. The van der Waals surface area contributed by atoms with Gasteiger partial charge in [-0.1, -0.05) is 23.2 Å². The molecule has 1 aromatic carbocycles. The highest BCUT2D eigenvalue weighted by Crippen LogP contribution is 2.30. The Morgan fingerprint density at radius 3 is 2.71 bits per heavy atom. The van der Waals surface area contributed by atoms with Gasteiger partial charge in [0.05, 0.1) is 11.1 Å². The van der Waals surface area contributed by atoms with Crippen LogP contribution in [0.3, 0.4) is 0 Å². The summed E-state index contributed by atoms with van der Waals surface area (Å²) in [5, 5.41) is 10.8. The summed E-state index contributed by atoms with van der Waals surface area (Å²) < 4.78 is 1.77. The normalized spacial score (nSPS) is 10.4. The van der Waals surface area contributed by atoms with E-state index in [1.54, 1.807) is 16.7 Å². The van der Waals surface area contributed by atoms with E-state index < -0.39 is 0 Å². The Labute approximate surface area is 91.3 Å². The topological polar surface area (TPSA) is 28.7 Å². The molecule has 70 valence electrons. The van der Waals surface area contributed by atoms with E-state index >= 15 is 0 Å². The predicted molar refractivity (Wildman–Crippen MR) is 57.7 cm³/mol. The summed E-state index contributed by atoms with van der Waals surface area (Å²) in [7, 11) is 1.82. The zero-order chi connectivity index (χ0) is 10.3. The van der Waals surface area contributed by atoms with Gasteiger partial charge < -0.3 is 4.57 Å². The van der Waals surface area contributed by atoms with Gasteiger partial charge in [0.25, 0.3) is 0 Å². The number of hydrogen-bond donors (Lipinski definition) is 0. The van der Waals surface area contributed by atoms with Crippen LogP contribution in [0.2, 0.25) is 10.2 Å². The lowest BCUT2D eigenvalue weighted by atomic mass is 10.2. The van der Waals surface area contributed by atoms with Crippen LogP contribution in [0.4, 0.5) is 0 Å². The molecule has 0 aliphatic carbocycles. The molecule has 0 amide bonds. The van der Waals surface area contributed by atoms with Gasteiger partial charge in [-0.25, -0.2) is 0 Å². The number of hydrogen-bond acceptors (Lipinski definition) is 1. The molecular weight excluding hydrogens is 219 g/mol. The molecule has 0 aliphatic rings. The second-order valence-corrected chi connectivity index (χ2v) is 3.79. The molecule has 0 N–H and O–H groups in total. The maximum absolute atomic E-state index is 8.93. The Morgan fingerprint density at radius 2 is 2.07 bits per heavy atom. The molecule has 0 unspecified atom stereocenters. The quantitative estimate of drug-likeness (QED) is 0.675. The van der Waals surface area contributed by atoms with E-state index in [9.17, 15) is 0 Å². The monoisotopic (exact) mass is 224 g/mol. The van der Waals surface area contributed by atoms with Crippen LogP contribution in [0.25, 0.3) is 10.9 Å². The molecule has 2 nitrogen and oxygen atoms in total. The maximum Gasteiger partial charge on any atom is 0.127 e. The van der Waals surface area contributed by atoms with Crippen molar-refractivity contribution >= 4 is 34.1 Å². The van der Waals surface area contributed by atoms with Crippen LogP contribution in [-0.2, 0) is 7.05 Å². The second-order valence-electron chi connectivity index (χ2n) is 3.00. The summed E-state index contributed by atoms with van der Waals surface area (Å²) in [6.07, 6.45) is 0. The third-order valence-electron chi connectivity index (χ3n) is 2.20. The number of benzene rings is 1. The van der Waals surface area contributed by atoms with Gasteiger partial charge in [-0.2, -0.15) is 5.26 Å². The molecule has 0 spiro atoms. The number of halogens is 2. The summed E-state index contributed by atoms with van der Waals surface area (Å²) in [6, 6.07) is 7.46. The number of nitrogens with zero attached hydrogens (tertiary/aromatic N) is 2. The van der Waals surface area contributed by atoms with Crippen LogP contribution in [0, 0.1) is 11.3 Å². The average molecular weight is 225 g/mol. The molecule has 1 heterocycles. The van der Waals surface area contributed by atoms with Crippen molar-refractivity contribution in [2.45, 2.75) is 0 Å². The van der Waals surface area contributed by atoms with Crippen LogP contribution < -0.4 is 0 Å². The van der Waals surface area contributed by atoms with E-state index in [1.165, 1.54) is 0 Å². The van der Waals surface area contributed by atoms with Gasteiger partial charge in [-0.3, -0.25) is 0 Å². The Kier molecular flexibility index (Phi) is 2.14. The third kappa shape index (κ3) is 1.18. The number of rotatable bonds is 0. The summed E-state index contributed by atoms with van der Waals surface area (Å²) in [5.41, 5.74) is 1.39. The van der Waals surface area contributed by atoms with Gasteiger partial charge in [-0.05, 0) is 18.2 Å². The fourth-order valence-electron chi connectivity index (χ4n) is 1.49. The van der Waals surface area contributed by atoms with Crippen molar-refractivity contribution in [2.75, 3.05) is 0 Å². The minimum absolute atomic E-state index is 0.449. The van der Waals surface area contributed by atoms with E-state index in [4.69, 9.17) is 28.5 Å². The lowest BCUT2D eigenvalue weighted by molar-refractivity contribution is 0.968. The average Bonchev–Trinajstić information content (AvgIpc) is 2.39. The van der Waals surface area contributed by atoms with Crippen molar-refractivity contribution in [3.8, 4) is 6.07 Å². The molecule has 1 aromatic heterocycles. The van der Waals surface area contributed by atoms with Gasteiger partial charge in [0.15, 0.2) is 0 Å².